The molecule has 1 fully saturated rings. The maximum absolute atomic E-state index is 12.4. The zero-order chi connectivity index (χ0) is 14.1. The lowest BCUT2D eigenvalue weighted by Crippen LogP contribution is -2.17. The SMILES string of the molecule is NCc1ccccc1NC(=O)c1cc(Cl)cn1C1CC1. The van der Waals surface area contributed by atoms with Crippen molar-refractivity contribution in [1.29, 1.82) is 0 Å². The molecule has 104 valence electrons. The summed E-state index contributed by atoms with van der Waals surface area (Å²) in [7, 11) is 0. The van der Waals surface area contributed by atoms with Crippen LogP contribution in [0.1, 0.15) is 34.9 Å². The van der Waals surface area contributed by atoms with Crippen molar-refractivity contribution in [2.75, 3.05) is 5.32 Å². The molecule has 0 spiro atoms. The number of carbonyl (C=O) groups is 1. The summed E-state index contributed by atoms with van der Waals surface area (Å²) in [6.07, 6.45) is 4.03. The van der Waals surface area contributed by atoms with Crippen LogP contribution in [-0.2, 0) is 6.54 Å². The molecular weight excluding hydrogens is 274 g/mol. The van der Waals surface area contributed by atoms with E-state index in [0.29, 0.717) is 23.3 Å². The highest BCUT2D eigenvalue weighted by molar-refractivity contribution is 6.31. The van der Waals surface area contributed by atoms with Gasteiger partial charge in [-0.1, -0.05) is 29.8 Å². The summed E-state index contributed by atoms with van der Waals surface area (Å²) < 4.78 is 1.96. The Morgan fingerprint density at radius 2 is 2.15 bits per heavy atom. The molecule has 0 saturated heterocycles. The van der Waals surface area contributed by atoms with Crippen LogP contribution in [-0.4, -0.2) is 10.5 Å². The Hall–Kier alpha value is -1.78. The molecule has 5 heteroatoms. The van der Waals surface area contributed by atoms with Crippen LogP contribution in [0.2, 0.25) is 5.02 Å². The van der Waals surface area contributed by atoms with E-state index in [9.17, 15) is 4.79 Å². The highest BCUT2D eigenvalue weighted by Crippen LogP contribution is 2.37. The summed E-state index contributed by atoms with van der Waals surface area (Å²) >= 11 is 6.02. The Balaban J connectivity index is 1.86. The lowest BCUT2D eigenvalue weighted by atomic mass is 10.2. The first-order chi connectivity index (χ1) is 9.69. The number of anilines is 1. The van der Waals surface area contributed by atoms with E-state index in [1.807, 2.05) is 35.0 Å². The maximum Gasteiger partial charge on any atom is 0.272 e. The molecule has 1 aromatic heterocycles. The van der Waals surface area contributed by atoms with Crippen molar-refractivity contribution >= 4 is 23.2 Å². The number of nitrogens with two attached hydrogens (primary N) is 1. The first kappa shape index (κ1) is 13.2. The average Bonchev–Trinajstić information content (AvgIpc) is 3.22. The summed E-state index contributed by atoms with van der Waals surface area (Å²) in [6.45, 7) is 0.390. The molecule has 1 amide bonds. The molecule has 1 aliphatic carbocycles. The van der Waals surface area contributed by atoms with Gasteiger partial charge in [-0.15, -0.1) is 0 Å². The van der Waals surface area contributed by atoms with E-state index in [4.69, 9.17) is 17.3 Å². The van der Waals surface area contributed by atoms with Crippen molar-refractivity contribution in [3.8, 4) is 0 Å². The van der Waals surface area contributed by atoms with Gasteiger partial charge in [0.2, 0.25) is 0 Å². The van der Waals surface area contributed by atoms with Crippen LogP contribution in [0, 0.1) is 0 Å². The molecule has 1 heterocycles. The average molecular weight is 290 g/mol. The summed E-state index contributed by atoms with van der Waals surface area (Å²) in [5.74, 6) is -0.148. The van der Waals surface area contributed by atoms with Gasteiger partial charge in [-0.25, -0.2) is 0 Å². The topological polar surface area (TPSA) is 60.0 Å². The second-order valence-corrected chi connectivity index (χ2v) is 5.43. The summed E-state index contributed by atoms with van der Waals surface area (Å²) in [4.78, 5) is 12.4. The number of aromatic nitrogens is 1. The third-order valence-corrected chi connectivity index (χ3v) is 3.68. The molecule has 2 aromatic rings. The Labute approximate surface area is 122 Å². The van der Waals surface area contributed by atoms with Crippen LogP contribution >= 0.6 is 11.6 Å². The molecule has 0 unspecified atom stereocenters. The number of nitrogens with one attached hydrogen (secondary N) is 1. The third kappa shape index (κ3) is 2.57. The number of amides is 1. The normalized spacial score (nSPS) is 14.3. The molecule has 0 aliphatic heterocycles. The predicted octanol–water partition coefficient (Wildman–Crippen LogP) is 3.19. The van der Waals surface area contributed by atoms with Gasteiger partial charge in [-0.3, -0.25) is 4.79 Å². The van der Waals surface area contributed by atoms with Gasteiger partial charge in [-0.05, 0) is 30.5 Å². The summed E-state index contributed by atoms with van der Waals surface area (Å²) in [6, 6.07) is 9.66. The summed E-state index contributed by atoms with van der Waals surface area (Å²) in [5.41, 5.74) is 7.94. The smallest absolute Gasteiger partial charge is 0.272 e. The van der Waals surface area contributed by atoms with Crippen molar-refractivity contribution in [3.05, 3.63) is 52.8 Å². The fourth-order valence-corrected chi connectivity index (χ4v) is 2.50. The van der Waals surface area contributed by atoms with Crippen LogP contribution in [0.15, 0.2) is 36.5 Å². The van der Waals surface area contributed by atoms with Gasteiger partial charge >= 0.3 is 0 Å². The molecular formula is C15H16ClN3O. The number of hydrogen-bond donors (Lipinski definition) is 2. The van der Waals surface area contributed by atoms with Crippen LogP contribution in [0.5, 0.6) is 0 Å². The first-order valence-electron chi connectivity index (χ1n) is 6.65. The number of para-hydroxylation sites is 1. The van der Waals surface area contributed by atoms with Gasteiger partial charge < -0.3 is 15.6 Å². The van der Waals surface area contributed by atoms with E-state index >= 15 is 0 Å². The molecule has 1 aliphatic rings. The number of halogens is 1. The van der Waals surface area contributed by atoms with Crippen LogP contribution in [0.3, 0.4) is 0 Å². The second-order valence-electron chi connectivity index (χ2n) is 5.00. The molecule has 1 aromatic carbocycles. The third-order valence-electron chi connectivity index (χ3n) is 3.47. The van der Waals surface area contributed by atoms with Gasteiger partial charge in [0, 0.05) is 24.5 Å². The molecule has 0 bridgehead atoms. The number of benzene rings is 1. The number of rotatable bonds is 4. The Bertz CT molecular complexity index is 646. The van der Waals surface area contributed by atoms with Crippen molar-refractivity contribution in [1.82, 2.24) is 4.57 Å². The lowest BCUT2D eigenvalue weighted by molar-refractivity contribution is 0.101. The van der Waals surface area contributed by atoms with Crippen molar-refractivity contribution in [2.45, 2.75) is 25.4 Å². The van der Waals surface area contributed by atoms with E-state index in [2.05, 4.69) is 5.32 Å². The van der Waals surface area contributed by atoms with Crippen LogP contribution in [0.25, 0.3) is 0 Å². The molecule has 4 nitrogen and oxygen atoms in total. The highest BCUT2D eigenvalue weighted by atomic mass is 35.5. The molecule has 3 N–H and O–H groups in total. The number of carbonyl (C=O) groups excluding carboxylic acids is 1. The Kier molecular flexibility index (Phi) is 3.51. The largest absolute Gasteiger partial charge is 0.339 e. The Morgan fingerprint density at radius 1 is 1.40 bits per heavy atom. The Morgan fingerprint density at radius 3 is 2.85 bits per heavy atom. The van der Waals surface area contributed by atoms with Gasteiger partial charge in [-0.2, -0.15) is 0 Å². The molecule has 1 saturated carbocycles. The van der Waals surface area contributed by atoms with Gasteiger partial charge in [0.05, 0.1) is 5.02 Å². The zero-order valence-electron chi connectivity index (χ0n) is 11.0. The van der Waals surface area contributed by atoms with Gasteiger partial charge in [0.1, 0.15) is 5.69 Å². The van der Waals surface area contributed by atoms with E-state index in [-0.39, 0.29) is 5.91 Å². The van der Waals surface area contributed by atoms with E-state index in [1.165, 1.54) is 0 Å². The van der Waals surface area contributed by atoms with Crippen molar-refractivity contribution in [2.24, 2.45) is 5.73 Å². The minimum atomic E-state index is -0.148. The highest BCUT2D eigenvalue weighted by Gasteiger charge is 2.28. The first-order valence-corrected chi connectivity index (χ1v) is 7.03. The van der Waals surface area contributed by atoms with Gasteiger partial charge in [0.25, 0.3) is 5.91 Å². The monoisotopic (exact) mass is 289 g/mol. The summed E-state index contributed by atoms with van der Waals surface area (Å²) in [5, 5.41) is 3.51. The van der Waals surface area contributed by atoms with Gasteiger partial charge in [0.15, 0.2) is 0 Å². The molecule has 3 rings (SSSR count). The quantitative estimate of drug-likeness (QED) is 0.908. The lowest BCUT2D eigenvalue weighted by Gasteiger charge is -2.11. The van der Waals surface area contributed by atoms with Crippen molar-refractivity contribution < 1.29 is 4.79 Å². The maximum atomic E-state index is 12.4. The molecule has 0 radical (unpaired) electrons. The predicted molar refractivity (Wildman–Crippen MR) is 80.0 cm³/mol. The zero-order valence-corrected chi connectivity index (χ0v) is 11.7. The van der Waals surface area contributed by atoms with E-state index in [1.54, 1.807) is 6.07 Å². The second kappa shape index (κ2) is 5.31. The van der Waals surface area contributed by atoms with E-state index < -0.39 is 0 Å². The number of nitrogens with zero attached hydrogens (tertiary/aromatic N) is 1. The van der Waals surface area contributed by atoms with Crippen LogP contribution < -0.4 is 11.1 Å². The fraction of sp³-hybridized carbons (Fsp3) is 0.267. The minimum absolute atomic E-state index is 0.148. The molecule has 20 heavy (non-hydrogen) atoms. The van der Waals surface area contributed by atoms with Crippen molar-refractivity contribution in [3.63, 3.8) is 0 Å². The van der Waals surface area contributed by atoms with Crippen LogP contribution in [0.4, 0.5) is 5.69 Å². The van der Waals surface area contributed by atoms with E-state index in [0.717, 1.165) is 24.1 Å². The molecule has 0 atom stereocenters. The number of hydrogen-bond acceptors (Lipinski definition) is 2. The fourth-order valence-electron chi connectivity index (χ4n) is 2.29. The minimum Gasteiger partial charge on any atom is -0.339 e. The standard InChI is InChI=1S/C15H16ClN3O/c16-11-7-14(19(9-11)12-5-6-12)15(20)18-13-4-2-1-3-10(13)8-17/h1-4,7,9,12H,5-6,8,17H2,(H,18,20).